The minimum Gasteiger partial charge on any atom is -0.495 e. The van der Waals surface area contributed by atoms with Gasteiger partial charge in [0.25, 0.3) is 0 Å². The predicted octanol–water partition coefficient (Wildman–Crippen LogP) is 4.98. The Morgan fingerprint density at radius 1 is 0.857 bits per heavy atom. The van der Waals surface area contributed by atoms with Crippen LogP contribution >= 0.6 is 0 Å². The van der Waals surface area contributed by atoms with Crippen LogP contribution in [0.1, 0.15) is 38.2 Å². The number of ether oxygens (including phenoxy) is 2. The third kappa shape index (κ3) is 5.90. The summed E-state index contributed by atoms with van der Waals surface area (Å²) in [7, 11) is 1.74. The lowest BCUT2D eigenvalue weighted by Crippen LogP contribution is -2.46. The Balaban J connectivity index is 1.43. The van der Waals surface area contributed by atoms with E-state index in [-0.39, 0.29) is 0 Å². The zero-order valence-electron chi connectivity index (χ0n) is 17.4. The molecule has 0 bridgehead atoms. The number of hydrogen-bond acceptors (Lipinski definition) is 4. The topological polar surface area (TPSA) is 24.9 Å². The smallest absolute Gasteiger partial charge is 0.142 e. The monoisotopic (exact) mass is 382 g/mol. The summed E-state index contributed by atoms with van der Waals surface area (Å²) in [4.78, 5) is 4.94. The summed E-state index contributed by atoms with van der Waals surface area (Å²) in [5, 5.41) is 0. The third-order valence-electron chi connectivity index (χ3n) is 5.39. The van der Waals surface area contributed by atoms with Gasteiger partial charge in [-0.2, -0.15) is 0 Å². The van der Waals surface area contributed by atoms with E-state index in [1.165, 1.54) is 30.5 Å². The Morgan fingerprint density at radius 3 is 2.32 bits per heavy atom. The molecule has 1 aliphatic heterocycles. The van der Waals surface area contributed by atoms with Crippen LogP contribution in [-0.4, -0.2) is 44.8 Å². The number of anilines is 1. The fourth-order valence-electron chi connectivity index (χ4n) is 3.71. The first-order valence-electron chi connectivity index (χ1n) is 10.6. The van der Waals surface area contributed by atoms with E-state index < -0.39 is 0 Å². The van der Waals surface area contributed by atoms with E-state index in [2.05, 4.69) is 53.1 Å². The van der Waals surface area contributed by atoms with E-state index in [9.17, 15) is 0 Å². The van der Waals surface area contributed by atoms with Crippen LogP contribution < -0.4 is 14.4 Å². The second-order valence-corrected chi connectivity index (χ2v) is 7.49. The first-order chi connectivity index (χ1) is 13.8. The summed E-state index contributed by atoms with van der Waals surface area (Å²) in [6.07, 6.45) is 4.97. The summed E-state index contributed by atoms with van der Waals surface area (Å²) in [6, 6.07) is 16.9. The zero-order valence-corrected chi connectivity index (χ0v) is 17.4. The van der Waals surface area contributed by atoms with Crippen molar-refractivity contribution < 1.29 is 9.47 Å². The first-order valence-corrected chi connectivity index (χ1v) is 10.6. The van der Waals surface area contributed by atoms with E-state index in [0.717, 1.165) is 57.3 Å². The van der Waals surface area contributed by atoms with Crippen LogP contribution in [0, 0.1) is 0 Å². The van der Waals surface area contributed by atoms with E-state index in [4.69, 9.17) is 9.47 Å². The van der Waals surface area contributed by atoms with Gasteiger partial charge in [0.05, 0.1) is 19.4 Å². The van der Waals surface area contributed by atoms with Crippen molar-refractivity contribution in [1.29, 1.82) is 0 Å². The number of para-hydroxylation sites is 2. The van der Waals surface area contributed by atoms with E-state index in [0.29, 0.717) is 0 Å². The van der Waals surface area contributed by atoms with Crippen LogP contribution in [0.2, 0.25) is 0 Å². The molecule has 0 aliphatic carbocycles. The van der Waals surface area contributed by atoms with Crippen molar-refractivity contribution in [2.75, 3.05) is 44.8 Å². The van der Waals surface area contributed by atoms with E-state index >= 15 is 0 Å². The molecule has 1 aliphatic rings. The van der Waals surface area contributed by atoms with E-state index in [1.807, 2.05) is 12.1 Å². The fraction of sp³-hybridized carbons (Fsp3) is 0.500. The van der Waals surface area contributed by atoms with Crippen LogP contribution in [0.15, 0.2) is 48.5 Å². The molecule has 3 rings (SSSR count). The van der Waals surface area contributed by atoms with Crippen LogP contribution in [0.5, 0.6) is 11.5 Å². The van der Waals surface area contributed by atoms with Gasteiger partial charge in [0.1, 0.15) is 11.5 Å². The molecular weight excluding hydrogens is 348 g/mol. The number of hydrogen-bond donors (Lipinski definition) is 0. The number of benzene rings is 2. The maximum Gasteiger partial charge on any atom is 0.142 e. The maximum atomic E-state index is 5.85. The minimum absolute atomic E-state index is 0.824. The standard InChI is InChI=1S/C24H34N2O2/c1-3-4-5-8-19-28-22-13-11-21(12-14-22)20-25-15-17-26(18-16-25)23-9-6-7-10-24(23)27-2/h6-7,9-14H,3-5,8,15-20H2,1-2H3. The molecule has 0 atom stereocenters. The molecule has 0 spiro atoms. The molecule has 0 saturated carbocycles. The van der Waals surface area contributed by atoms with Crippen LogP contribution in [0.4, 0.5) is 5.69 Å². The van der Waals surface area contributed by atoms with Gasteiger partial charge in [-0.25, -0.2) is 0 Å². The Hall–Kier alpha value is -2.20. The quantitative estimate of drug-likeness (QED) is 0.541. The molecule has 4 heteroatoms. The molecule has 152 valence electrons. The molecule has 28 heavy (non-hydrogen) atoms. The highest BCUT2D eigenvalue weighted by molar-refractivity contribution is 5.58. The van der Waals surface area contributed by atoms with Crippen molar-refractivity contribution in [3.63, 3.8) is 0 Å². The number of piperazine rings is 1. The number of methoxy groups -OCH3 is 1. The van der Waals surface area contributed by atoms with Crippen molar-refractivity contribution >= 4 is 5.69 Å². The van der Waals surface area contributed by atoms with Gasteiger partial charge in [0, 0.05) is 32.7 Å². The number of unbranched alkanes of at least 4 members (excludes halogenated alkanes) is 3. The third-order valence-corrected chi connectivity index (χ3v) is 5.39. The summed E-state index contributed by atoms with van der Waals surface area (Å²) in [5.41, 5.74) is 2.55. The zero-order chi connectivity index (χ0) is 19.6. The fourth-order valence-corrected chi connectivity index (χ4v) is 3.71. The molecule has 1 saturated heterocycles. The van der Waals surface area contributed by atoms with Crippen molar-refractivity contribution in [3.05, 3.63) is 54.1 Å². The largest absolute Gasteiger partial charge is 0.495 e. The predicted molar refractivity (Wildman–Crippen MR) is 117 cm³/mol. The molecule has 2 aromatic rings. The van der Waals surface area contributed by atoms with Gasteiger partial charge in [0.15, 0.2) is 0 Å². The molecule has 4 nitrogen and oxygen atoms in total. The average molecular weight is 383 g/mol. The molecule has 0 amide bonds. The summed E-state index contributed by atoms with van der Waals surface area (Å²) < 4.78 is 11.4. The Morgan fingerprint density at radius 2 is 1.61 bits per heavy atom. The van der Waals surface area contributed by atoms with Crippen molar-refractivity contribution in [1.82, 2.24) is 4.90 Å². The molecule has 0 unspecified atom stereocenters. The SMILES string of the molecule is CCCCCCOc1ccc(CN2CCN(c3ccccc3OC)CC2)cc1. The second-order valence-electron chi connectivity index (χ2n) is 7.49. The van der Waals surface area contributed by atoms with Crippen LogP contribution in [0.25, 0.3) is 0 Å². The average Bonchev–Trinajstić information content (AvgIpc) is 2.75. The lowest BCUT2D eigenvalue weighted by molar-refractivity contribution is 0.249. The Bertz CT molecular complexity index is 694. The van der Waals surface area contributed by atoms with E-state index in [1.54, 1.807) is 7.11 Å². The lowest BCUT2D eigenvalue weighted by Gasteiger charge is -2.36. The molecular formula is C24H34N2O2. The molecule has 1 fully saturated rings. The van der Waals surface area contributed by atoms with Gasteiger partial charge in [-0.05, 0) is 36.2 Å². The summed E-state index contributed by atoms with van der Waals surface area (Å²) in [6.45, 7) is 8.23. The van der Waals surface area contributed by atoms with Crippen molar-refractivity contribution in [2.24, 2.45) is 0 Å². The highest BCUT2D eigenvalue weighted by atomic mass is 16.5. The number of nitrogens with zero attached hydrogens (tertiary/aromatic N) is 2. The highest BCUT2D eigenvalue weighted by Gasteiger charge is 2.19. The van der Waals surface area contributed by atoms with Gasteiger partial charge >= 0.3 is 0 Å². The van der Waals surface area contributed by atoms with Gasteiger partial charge in [0.2, 0.25) is 0 Å². The van der Waals surface area contributed by atoms with Crippen LogP contribution in [0.3, 0.4) is 0 Å². The maximum absolute atomic E-state index is 5.85. The molecule has 0 N–H and O–H groups in total. The van der Waals surface area contributed by atoms with Gasteiger partial charge in [-0.3, -0.25) is 4.90 Å². The lowest BCUT2D eigenvalue weighted by atomic mass is 10.1. The highest BCUT2D eigenvalue weighted by Crippen LogP contribution is 2.28. The normalized spacial score (nSPS) is 14.9. The minimum atomic E-state index is 0.824. The molecule has 2 aromatic carbocycles. The molecule has 1 heterocycles. The van der Waals surface area contributed by atoms with Gasteiger partial charge in [-0.1, -0.05) is 50.5 Å². The van der Waals surface area contributed by atoms with Crippen molar-refractivity contribution in [2.45, 2.75) is 39.2 Å². The second kappa shape index (κ2) is 11.0. The molecule has 0 aromatic heterocycles. The van der Waals surface area contributed by atoms with Gasteiger partial charge < -0.3 is 14.4 Å². The Kier molecular flexibility index (Phi) is 8.04. The Labute approximate surface area is 170 Å². The number of rotatable bonds is 10. The van der Waals surface area contributed by atoms with Crippen LogP contribution in [-0.2, 0) is 6.54 Å². The first kappa shape index (κ1) is 20.5. The molecule has 0 radical (unpaired) electrons. The summed E-state index contributed by atoms with van der Waals surface area (Å²) in [5.74, 6) is 1.95. The van der Waals surface area contributed by atoms with Gasteiger partial charge in [-0.15, -0.1) is 0 Å². The van der Waals surface area contributed by atoms with Crippen molar-refractivity contribution in [3.8, 4) is 11.5 Å². The summed E-state index contributed by atoms with van der Waals surface area (Å²) >= 11 is 0.